The maximum Gasteiger partial charge on any atom is 0.317 e. The van der Waals surface area contributed by atoms with E-state index in [0.29, 0.717) is 6.54 Å². The molecule has 6 heteroatoms. The summed E-state index contributed by atoms with van der Waals surface area (Å²) in [5.41, 5.74) is 0. The summed E-state index contributed by atoms with van der Waals surface area (Å²) in [5.74, 6) is -0.829. The van der Waals surface area contributed by atoms with Crippen LogP contribution in [0.25, 0.3) is 0 Å². The zero-order chi connectivity index (χ0) is 15.1. The number of carboxylic acid groups (broad SMARTS) is 1. The van der Waals surface area contributed by atoms with Crippen LogP contribution in [0, 0.1) is 0 Å². The average molecular weight is 285 g/mol. The molecule has 6 nitrogen and oxygen atoms in total. The summed E-state index contributed by atoms with van der Waals surface area (Å²) in [6.45, 7) is 10.8. The molecule has 0 aromatic carbocycles. The van der Waals surface area contributed by atoms with Crippen molar-refractivity contribution in [3.63, 3.8) is 0 Å². The van der Waals surface area contributed by atoms with E-state index in [4.69, 9.17) is 5.11 Å². The predicted octanol–water partition coefficient (Wildman–Crippen LogP) is 0.336. The predicted molar refractivity (Wildman–Crippen MR) is 77.7 cm³/mol. The maximum absolute atomic E-state index is 12.5. The van der Waals surface area contributed by atoms with Crippen LogP contribution in [-0.4, -0.2) is 83.5 Å². The van der Waals surface area contributed by atoms with Crippen molar-refractivity contribution in [1.82, 2.24) is 14.7 Å². The minimum Gasteiger partial charge on any atom is -0.480 e. The Kier molecular flexibility index (Phi) is 6.95. The summed E-state index contributed by atoms with van der Waals surface area (Å²) < 4.78 is 0. The van der Waals surface area contributed by atoms with Gasteiger partial charge < -0.3 is 14.9 Å². The molecule has 0 saturated carbocycles. The van der Waals surface area contributed by atoms with Gasteiger partial charge in [0.05, 0.1) is 12.6 Å². The van der Waals surface area contributed by atoms with Gasteiger partial charge in [-0.2, -0.15) is 0 Å². The Bertz CT molecular complexity index is 328. The zero-order valence-corrected chi connectivity index (χ0v) is 12.8. The normalized spacial score (nSPS) is 18.3. The Balaban J connectivity index is 2.57. The van der Waals surface area contributed by atoms with Crippen molar-refractivity contribution >= 4 is 11.9 Å². The first kappa shape index (κ1) is 16.9. The highest BCUT2D eigenvalue weighted by atomic mass is 16.4. The molecule has 1 atom stereocenters. The standard InChI is InChI=1S/C14H27N3O3/c1-4-6-17(11-13(18)19)12(3)14(20)16-9-7-15(5-2)8-10-16/h12H,4-11H2,1-3H3,(H,18,19). The van der Waals surface area contributed by atoms with Gasteiger partial charge in [-0.05, 0) is 26.4 Å². The minimum absolute atomic E-state index is 0.0513. The van der Waals surface area contributed by atoms with Gasteiger partial charge in [0.2, 0.25) is 5.91 Å². The van der Waals surface area contributed by atoms with E-state index >= 15 is 0 Å². The Morgan fingerprint density at radius 3 is 2.25 bits per heavy atom. The van der Waals surface area contributed by atoms with Crippen molar-refractivity contribution in [2.75, 3.05) is 45.8 Å². The highest BCUT2D eigenvalue weighted by Crippen LogP contribution is 2.08. The maximum atomic E-state index is 12.5. The third-order valence-electron chi connectivity index (χ3n) is 3.89. The number of piperazine rings is 1. The average Bonchev–Trinajstić information content (AvgIpc) is 2.45. The van der Waals surface area contributed by atoms with Crippen LogP contribution in [0.5, 0.6) is 0 Å². The lowest BCUT2D eigenvalue weighted by atomic mass is 10.2. The van der Waals surface area contributed by atoms with Crippen molar-refractivity contribution in [2.45, 2.75) is 33.2 Å². The number of aliphatic carboxylic acids is 1. The molecule has 1 heterocycles. The van der Waals surface area contributed by atoms with E-state index < -0.39 is 5.97 Å². The van der Waals surface area contributed by atoms with Crippen LogP contribution >= 0.6 is 0 Å². The quantitative estimate of drug-likeness (QED) is 0.730. The fraction of sp³-hybridized carbons (Fsp3) is 0.857. The molecule has 1 amide bonds. The summed E-state index contributed by atoms with van der Waals surface area (Å²) in [6.07, 6.45) is 0.842. The first-order valence-corrected chi connectivity index (χ1v) is 7.46. The number of nitrogens with zero attached hydrogens (tertiary/aromatic N) is 3. The van der Waals surface area contributed by atoms with E-state index in [-0.39, 0.29) is 18.5 Å². The second-order valence-corrected chi connectivity index (χ2v) is 5.30. The smallest absolute Gasteiger partial charge is 0.317 e. The van der Waals surface area contributed by atoms with Crippen molar-refractivity contribution < 1.29 is 14.7 Å². The Morgan fingerprint density at radius 2 is 1.80 bits per heavy atom. The molecule has 116 valence electrons. The summed E-state index contributed by atoms with van der Waals surface area (Å²) in [5, 5.41) is 8.94. The zero-order valence-electron chi connectivity index (χ0n) is 12.8. The SMILES string of the molecule is CCCN(CC(=O)O)C(C)C(=O)N1CCN(CC)CC1. The number of hydrogen-bond acceptors (Lipinski definition) is 4. The van der Waals surface area contributed by atoms with Crippen LogP contribution in [0.15, 0.2) is 0 Å². The number of carbonyl (C=O) groups is 2. The second-order valence-electron chi connectivity index (χ2n) is 5.30. The van der Waals surface area contributed by atoms with Crippen LogP contribution in [-0.2, 0) is 9.59 Å². The second kappa shape index (κ2) is 8.21. The number of carbonyl (C=O) groups excluding carboxylic acids is 1. The molecule has 1 aliphatic rings. The highest BCUT2D eigenvalue weighted by Gasteiger charge is 2.28. The van der Waals surface area contributed by atoms with E-state index in [9.17, 15) is 9.59 Å². The molecule has 1 N–H and O–H groups in total. The highest BCUT2D eigenvalue weighted by molar-refractivity contribution is 5.82. The van der Waals surface area contributed by atoms with Gasteiger partial charge in [-0.1, -0.05) is 13.8 Å². The molecule has 20 heavy (non-hydrogen) atoms. The molecule has 0 radical (unpaired) electrons. The number of amides is 1. The topological polar surface area (TPSA) is 64.1 Å². The third-order valence-corrected chi connectivity index (χ3v) is 3.89. The summed E-state index contributed by atoms with van der Waals surface area (Å²) in [6, 6.07) is -0.362. The van der Waals surface area contributed by atoms with Crippen LogP contribution < -0.4 is 0 Å². The van der Waals surface area contributed by atoms with Crippen molar-refractivity contribution in [3.05, 3.63) is 0 Å². The molecule has 1 fully saturated rings. The molecule has 1 unspecified atom stereocenters. The van der Waals surface area contributed by atoms with Crippen molar-refractivity contribution in [3.8, 4) is 0 Å². The summed E-state index contributed by atoms with van der Waals surface area (Å²) in [4.78, 5) is 29.3. The fourth-order valence-electron chi connectivity index (χ4n) is 2.58. The molecular weight excluding hydrogens is 258 g/mol. The van der Waals surface area contributed by atoms with Gasteiger partial charge in [0, 0.05) is 26.2 Å². The van der Waals surface area contributed by atoms with Gasteiger partial charge in [-0.25, -0.2) is 0 Å². The third kappa shape index (κ3) is 4.76. The van der Waals surface area contributed by atoms with E-state index in [2.05, 4.69) is 11.8 Å². The molecule has 0 spiro atoms. The van der Waals surface area contributed by atoms with Crippen LogP contribution in [0.2, 0.25) is 0 Å². The van der Waals surface area contributed by atoms with Crippen LogP contribution in [0.4, 0.5) is 0 Å². The fourth-order valence-corrected chi connectivity index (χ4v) is 2.58. The van der Waals surface area contributed by atoms with E-state index in [1.54, 1.807) is 4.90 Å². The Morgan fingerprint density at radius 1 is 1.20 bits per heavy atom. The van der Waals surface area contributed by atoms with Gasteiger partial charge in [0.15, 0.2) is 0 Å². The van der Waals surface area contributed by atoms with Crippen LogP contribution in [0.3, 0.4) is 0 Å². The van der Waals surface area contributed by atoms with Crippen molar-refractivity contribution in [1.29, 1.82) is 0 Å². The van der Waals surface area contributed by atoms with Gasteiger partial charge in [0.25, 0.3) is 0 Å². The Hall–Kier alpha value is -1.14. The minimum atomic E-state index is -0.881. The van der Waals surface area contributed by atoms with Crippen molar-refractivity contribution in [2.24, 2.45) is 0 Å². The van der Waals surface area contributed by atoms with E-state index in [1.165, 1.54) is 0 Å². The first-order valence-electron chi connectivity index (χ1n) is 7.46. The Labute approximate surface area is 121 Å². The number of likely N-dealkylation sites (N-methyl/N-ethyl adjacent to an activating group) is 1. The molecule has 0 aromatic rings. The molecular formula is C14H27N3O3. The lowest BCUT2D eigenvalue weighted by Gasteiger charge is -2.37. The number of hydrogen-bond donors (Lipinski definition) is 1. The molecule has 0 aliphatic carbocycles. The number of rotatable bonds is 7. The van der Waals surface area contributed by atoms with Crippen LogP contribution in [0.1, 0.15) is 27.2 Å². The van der Waals surface area contributed by atoms with E-state index in [1.807, 2.05) is 18.7 Å². The van der Waals surface area contributed by atoms with Gasteiger partial charge in [0.1, 0.15) is 0 Å². The van der Waals surface area contributed by atoms with Gasteiger partial charge in [-0.15, -0.1) is 0 Å². The lowest BCUT2D eigenvalue weighted by molar-refractivity contribution is -0.143. The largest absolute Gasteiger partial charge is 0.480 e. The molecule has 1 aliphatic heterocycles. The van der Waals surface area contributed by atoms with E-state index in [0.717, 1.165) is 39.1 Å². The van der Waals surface area contributed by atoms with Gasteiger partial charge in [-0.3, -0.25) is 14.5 Å². The van der Waals surface area contributed by atoms with Gasteiger partial charge >= 0.3 is 5.97 Å². The number of carboxylic acids is 1. The monoisotopic (exact) mass is 285 g/mol. The molecule has 1 saturated heterocycles. The first-order chi connectivity index (χ1) is 9.49. The summed E-state index contributed by atoms with van der Waals surface area (Å²) in [7, 11) is 0. The molecule has 0 aromatic heterocycles. The lowest BCUT2D eigenvalue weighted by Crippen LogP contribution is -2.54. The molecule has 0 bridgehead atoms. The molecule has 1 rings (SSSR count). The summed E-state index contributed by atoms with van der Waals surface area (Å²) >= 11 is 0.